The van der Waals surface area contributed by atoms with Gasteiger partial charge in [-0.1, -0.05) is 0 Å². The lowest BCUT2D eigenvalue weighted by Gasteiger charge is -2.38. The van der Waals surface area contributed by atoms with Gasteiger partial charge < -0.3 is 14.8 Å². The van der Waals surface area contributed by atoms with E-state index in [0.717, 1.165) is 31.1 Å². The lowest BCUT2D eigenvalue weighted by Crippen LogP contribution is -2.53. The largest absolute Gasteiger partial charge is 0.486 e. The Balaban J connectivity index is 0.00000176. The Morgan fingerprint density at radius 1 is 1.23 bits per heavy atom. The monoisotopic (exact) mass is 344 g/mol. The van der Waals surface area contributed by atoms with Gasteiger partial charge in [-0.3, -0.25) is 4.90 Å². The van der Waals surface area contributed by atoms with Crippen LogP contribution < -0.4 is 14.8 Å². The molecule has 6 heteroatoms. The number of nitrogens with one attached hydrogen (secondary N) is 1. The molecular formula is C16H25ClN2O2S. The molecule has 0 radical (unpaired) electrons. The average Bonchev–Trinajstić information content (AvgIpc) is 2.50. The fourth-order valence-electron chi connectivity index (χ4n) is 2.96. The lowest BCUT2D eigenvalue weighted by atomic mass is 10.1. The number of rotatable bonds is 3. The molecule has 2 aliphatic heterocycles. The van der Waals surface area contributed by atoms with Crippen molar-refractivity contribution in [1.29, 1.82) is 0 Å². The molecule has 0 bridgehead atoms. The summed E-state index contributed by atoms with van der Waals surface area (Å²) in [5, 5.41) is 3.53. The van der Waals surface area contributed by atoms with Gasteiger partial charge in [-0.2, -0.15) is 0 Å². The molecule has 1 aromatic carbocycles. The molecule has 22 heavy (non-hydrogen) atoms. The van der Waals surface area contributed by atoms with Gasteiger partial charge in [0.2, 0.25) is 0 Å². The van der Waals surface area contributed by atoms with Crippen LogP contribution in [0.5, 0.6) is 11.5 Å². The topological polar surface area (TPSA) is 33.7 Å². The van der Waals surface area contributed by atoms with E-state index in [9.17, 15) is 0 Å². The van der Waals surface area contributed by atoms with E-state index >= 15 is 0 Å². The Bertz CT molecular complexity index is 515. The second-order valence-corrected chi connectivity index (χ2v) is 6.74. The zero-order valence-electron chi connectivity index (χ0n) is 13.4. The Morgan fingerprint density at radius 2 is 1.91 bits per heavy atom. The number of hydrogen-bond donors (Lipinski definition) is 1. The summed E-state index contributed by atoms with van der Waals surface area (Å²) in [7, 11) is 0. The third-order valence-corrected chi connectivity index (χ3v) is 5.03. The third kappa shape index (κ3) is 3.82. The van der Waals surface area contributed by atoms with Crippen molar-refractivity contribution < 1.29 is 9.47 Å². The first-order valence-corrected chi connectivity index (χ1v) is 8.84. The van der Waals surface area contributed by atoms with Gasteiger partial charge in [0, 0.05) is 36.6 Å². The van der Waals surface area contributed by atoms with Gasteiger partial charge in [-0.05, 0) is 37.8 Å². The Hall–Kier alpha value is -0.620. The maximum Gasteiger partial charge on any atom is 0.162 e. The van der Waals surface area contributed by atoms with Gasteiger partial charge >= 0.3 is 0 Å². The number of halogens is 1. The van der Waals surface area contributed by atoms with E-state index in [4.69, 9.17) is 9.47 Å². The number of hydrogen-bond acceptors (Lipinski definition) is 5. The molecule has 1 aromatic rings. The molecule has 0 aliphatic carbocycles. The highest BCUT2D eigenvalue weighted by Crippen LogP contribution is 2.37. The fraction of sp³-hybridized carbons (Fsp3) is 0.625. The number of nitrogens with zero attached hydrogens (tertiary/aromatic N) is 1. The summed E-state index contributed by atoms with van der Waals surface area (Å²) in [5.74, 6) is 1.78. The normalized spacial score (nSPS) is 24.7. The van der Waals surface area contributed by atoms with Crippen molar-refractivity contribution in [3.05, 3.63) is 17.7 Å². The minimum atomic E-state index is 0. The highest BCUT2D eigenvalue weighted by atomic mass is 35.5. The standard InChI is InChI=1S/C16H24N2O2S.ClH/c1-11-9-18(12(2)8-17-11)10-13-6-14-15(7-16(13)21-3)20-5-4-19-14;/h6-7,11-12,17H,4-5,8-10H2,1-3H3;1H. The molecule has 4 nitrogen and oxygen atoms in total. The Kier molecular flexibility index (Phi) is 6.26. The van der Waals surface area contributed by atoms with Gasteiger partial charge in [0.25, 0.3) is 0 Å². The number of benzene rings is 1. The number of piperazine rings is 1. The lowest BCUT2D eigenvalue weighted by molar-refractivity contribution is 0.136. The summed E-state index contributed by atoms with van der Waals surface area (Å²) in [5.41, 5.74) is 1.34. The van der Waals surface area contributed by atoms with Crippen LogP contribution in [0.25, 0.3) is 0 Å². The molecule has 3 rings (SSSR count). The predicted molar refractivity (Wildman–Crippen MR) is 93.8 cm³/mol. The highest BCUT2D eigenvalue weighted by molar-refractivity contribution is 7.98. The summed E-state index contributed by atoms with van der Waals surface area (Å²) in [6.07, 6.45) is 2.12. The maximum atomic E-state index is 5.74. The zero-order chi connectivity index (χ0) is 14.8. The molecule has 2 aliphatic rings. The van der Waals surface area contributed by atoms with E-state index in [1.54, 1.807) is 11.8 Å². The molecule has 0 spiro atoms. The summed E-state index contributed by atoms with van der Waals surface area (Å²) >= 11 is 1.78. The second kappa shape index (κ2) is 7.77. The molecule has 0 aromatic heterocycles. The van der Waals surface area contributed by atoms with E-state index in [0.29, 0.717) is 25.3 Å². The van der Waals surface area contributed by atoms with Crippen molar-refractivity contribution in [2.75, 3.05) is 32.6 Å². The van der Waals surface area contributed by atoms with Crippen LogP contribution >= 0.6 is 24.2 Å². The van der Waals surface area contributed by atoms with Crippen molar-refractivity contribution in [2.45, 2.75) is 37.4 Å². The molecular weight excluding hydrogens is 320 g/mol. The molecule has 2 atom stereocenters. The average molecular weight is 345 g/mol. The first-order chi connectivity index (χ1) is 10.2. The minimum absolute atomic E-state index is 0. The van der Waals surface area contributed by atoms with Crippen molar-refractivity contribution >= 4 is 24.2 Å². The van der Waals surface area contributed by atoms with Gasteiger partial charge in [0.05, 0.1) is 0 Å². The van der Waals surface area contributed by atoms with Gasteiger partial charge in [0.1, 0.15) is 13.2 Å². The Labute approximate surface area is 143 Å². The molecule has 0 saturated carbocycles. The van der Waals surface area contributed by atoms with Crippen molar-refractivity contribution in [1.82, 2.24) is 10.2 Å². The molecule has 0 amide bonds. The summed E-state index contributed by atoms with van der Waals surface area (Å²) in [6, 6.07) is 5.41. The molecule has 1 N–H and O–H groups in total. The highest BCUT2D eigenvalue weighted by Gasteiger charge is 2.24. The SMILES string of the molecule is CSc1cc2c(cc1CN1CC(C)NCC1C)OCCO2.Cl. The van der Waals surface area contributed by atoms with E-state index in [2.05, 4.69) is 42.5 Å². The van der Waals surface area contributed by atoms with E-state index in [1.807, 2.05) is 0 Å². The molecule has 1 saturated heterocycles. The molecule has 2 unspecified atom stereocenters. The van der Waals surface area contributed by atoms with Crippen LogP contribution in [0.4, 0.5) is 0 Å². The minimum Gasteiger partial charge on any atom is -0.486 e. The van der Waals surface area contributed by atoms with Crippen molar-refractivity contribution in [3.8, 4) is 11.5 Å². The first-order valence-electron chi connectivity index (χ1n) is 7.61. The summed E-state index contributed by atoms with van der Waals surface area (Å²) in [6.45, 7) is 8.94. The number of fused-ring (bicyclic) bond motifs is 1. The second-order valence-electron chi connectivity index (χ2n) is 5.90. The maximum absolute atomic E-state index is 5.74. The van der Waals surface area contributed by atoms with Gasteiger partial charge in [0.15, 0.2) is 11.5 Å². The van der Waals surface area contributed by atoms with Crippen LogP contribution in [-0.2, 0) is 6.54 Å². The van der Waals surface area contributed by atoms with Crippen LogP contribution in [-0.4, -0.2) is 49.5 Å². The number of ether oxygens (including phenoxy) is 2. The van der Waals surface area contributed by atoms with E-state index in [1.165, 1.54) is 10.5 Å². The van der Waals surface area contributed by atoms with Crippen LogP contribution in [0.3, 0.4) is 0 Å². The van der Waals surface area contributed by atoms with E-state index in [-0.39, 0.29) is 12.4 Å². The summed E-state index contributed by atoms with van der Waals surface area (Å²) in [4.78, 5) is 3.84. The smallest absolute Gasteiger partial charge is 0.162 e. The first kappa shape index (κ1) is 17.7. The summed E-state index contributed by atoms with van der Waals surface area (Å²) < 4.78 is 11.4. The van der Waals surface area contributed by atoms with Crippen LogP contribution in [0.2, 0.25) is 0 Å². The quantitative estimate of drug-likeness (QED) is 0.853. The van der Waals surface area contributed by atoms with Crippen molar-refractivity contribution in [2.24, 2.45) is 0 Å². The van der Waals surface area contributed by atoms with Crippen LogP contribution in [0.1, 0.15) is 19.4 Å². The molecule has 1 fully saturated rings. The number of thioether (sulfide) groups is 1. The van der Waals surface area contributed by atoms with Crippen LogP contribution in [0, 0.1) is 0 Å². The predicted octanol–water partition coefficient (Wildman–Crippen LogP) is 2.78. The van der Waals surface area contributed by atoms with Gasteiger partial charge in [-0.15, -0.1) is 24.2 Å². The zero-order valence-corrected chi connectivity index (χ0v) is 15.1. The fourth-order valence-corrected chi connectivity index (χ4v) is 3.57. The van der Waals surface area contributed by atoms with Gasteiger partial charge in [-0.25, -0.2) is 0 Å². The molecule has 124 valence electrons. The van der Waals surface area contributed by atoms with E-state index < -0.39 is 0 Å². The third-order valence-electron chi connectivity index (χ3n) is 4.21. The molecule has 2 heterocycles. The Morgan fingerprint density at radius 3 is 2.59 bits per heavy atom. The van der Waals surface area contributed by atoms with Crippen LogP contribution in [0.15, 0.2) is 17.0 Å². The van der Waals surface area contributed by atoms with Crippen molar-refractivity contribution in [3.63, 3.8) is 0 Å².